The summed E-state index contributed by atoms with van der Waals surface area (Å²) < 4.78 is 5.53. The molecule has 0 spiro atoms. The van der Waals surface area contributed by atoms with E-state index in [-0.39, 0.29) is 17.9 Å². The van der Waals surface area contributed by atoms with Gasteiger partial charge in [0.25, 0.3) is 11.8 Å². The summed E-state index contributed by atoms with van der Waals surface area (Å²) in [5.74, 6) is 0.228. The number of amides is 2. The molecule has 1 unspecified atom stereocenters. The lowest BCUT2D eigenvalue weighted by Gasteiger charge is -2.16. The van der Waals surface area contributed by atoms with Crippen molar-refractivity contribution >= 4 is 17.5 Å². The minimum Gasteiger partial charge on any atom is -0.494 e. The van der Waals surface area contributed by atoms with Gasteiger partial charge in [-0.25, -0.2) is 0 Å². The molecule has 0 fully saturated rings. The Balaban J connectivity index is 1.75. The van der Waals surface area contributed by atoms with Gasteiger partial charge >= 0.3 is 0 Å². The Morgan fingerprint density at radius 1 is 0.933 bits per heavy atom. The third-order valence-corrected chi connectivity index (χ3v) is 4.80. The van der Waals surface area contributed by atoms with Crippen molar-refractivity contribution in [3.8, 4) is 5.75 Å². The molecule has 2 amide bonds. The van der Waals surface area contributed by atoms with Crippen molar-refractivity contribution in [1.29, 1.82) is 0 Å². The normalized spacial score (nSPS) is 11.4. The smallest absolute Gasteiger partial charge is 0.255 e. The highest BCUT2D eigenvalue weighted by Crippen LogP contribution is 2.22. The molecule has 5 heteroatoms. The number of benzene rings is 3. The van der Waals surface area contributed by atoms with Gasteiger partial charge in [-0.1, -0.05) is 42.5 Å². The highest BCUT2D eigenvalue weighted by molar-refractivity contribution is 6.09. The Labute approximate surface area is 177 Å². The third-order valence-electron chi connectivity index (χ3n) is 4.80. The predicted octanol–water partition coefficient (Wildman–Crippen LogP) is 5.14. The average molecular weight is 402 g/mol. The van der Waals surface area contributed by atoms with Crippen LogP contribution in [0.15, 0.2) is 72.8 Å². The van der Waals surface area contributed by atoms with E-state index < -0.39 is 0 Å². The van der Waals surface area contributed by atoms with Crippen LogP contribution in [0.3, 0.4) is 0 Å². The Bertz CT molecular complexity index is 1030. The molecule has 0 radical (unpaired) electrons. The highest BCUT2D eigenvalue weighted by Gasteiger charge is 2.17. The van der Waals surface area contributed by atoms with Gasteiger partial charge < -0.3 is 15.4 Å². The van der Waals surface area contributed by atoms with E-state index in [1.165, 1.54) is 0 Å². The molecule has 3 rings (SSSR count). The van der Waals surface area contributed by atoms with Gasteiger partial charge in [0.2, 0.25) is 0 Å². The number of hydrogen-bond acceptors (Lipinski definition) is 3. The Hall–Kier alpha value is -3.60. The van der Waals surface area contributed by atoms with Crippen LogP contribution in [-0.2, 0) is 0 Å². The molecule has 0 saturated carbocycles. The second-order valence-electron chi connectivity index (χ2n) is 7.02. The summed E-state index contributed by atoms with van der Waals surface area (Å²) in [6.07, 6.45) is 0. The van der Waals surface area contributed by atoms with Crippen molar-refractivity contribution in [2.45, 2.75) is 26.8 Å². The first-order chi connectivity index (χ1) is 14.5. The lowest BCUT2D eigenvalue weighted by molar-refractivity contribution is 0.0940. The first kappa shape index (κ1) is 21.1. The second-order valence-corrected chi connectivity index (χ2v) is 7.02. The topological polar surface area (TPSA) is 67.4 Å². The summed E-state index contributed by atoms with van der Waals surface area (Å²) in [4.78, 5) is 25.6. The largest absolute Gasteiger partial charge is 0.494 e. The van der Waals surface area contributed by atoms with Crippen LogP contribution in [0.25, 0.3) is 0 Å². The Kier molecular flexibility index (Phi) is 6.86. The first-order valence-corrected chi connectivity index (χ1v) is 9.99. The third kappa shape index (κ3) is 5.06. The van der Waals surface area contributed by atoms with Crippen molar-refractivity contribution in [3.05, 3.63) is 95.1 Å². The fourth-order valence-electron chi connectivity index (χ4n) is 3.19. The Morgan fingerprint density at radius 3 is 2.33 bits per heavy atom. The van der Waals surface area contributed by atoms with Gasteiger partial charge in [0.15, 0.2) is 0 Å². The molecular formula is C25H26N2O3. The number of para-hydroxylation sites is 1. The molecule has 0 heterocycles. The molecule has 3 aromatic carbocycles. The van der Waals surface area contributed by atoms with Gasteiger partial charge in [0.1, 0.15) is 5.75 Å². The zero-order valence-corrected chi connectivity index (χ0v) is 17.4. The van der Waals surface area contributed by atoms with Crippen LogP contribution in [0.4, 0.5) is 5.69 Å². The number of anilines is 1. The quantitative estimate of drug-likeness (QED) is 0.575. The van der Waals surface area contributed by atoms with Crippen LogP contribution in [0.1, 0.15) is 51.7 Å². The highest BCUT2D eigenvalue weighted by atomic mass is 16.5. The van der Waals surface area contributed by atoms with E-state index in [1.807, 2.05) is 51.1 Å². The van der Waals surface area contributed by atoms with Gasteiger partial charge in [-0.2, -0.15) is 0 Å². The van der Waals surface area contributed by atoms with E-state index in [0.717, 1.165) is 16.9 Å². The Morgan fingerprint density at radius 2 is 1.63 bits per heavy atom. The molecule has 0 aliphatic heterocycles. The zero-order valence-electron chi connectivity index (χ0n) is 17.4. The van der Waals surface area contributed by atoms with Crippen molar-refractivity contribution in [3.63, 3.8) is 0 Å². The molecule has 0 aromatic heterocycles. The zero-order chi connectivity index (χ0) is 21.5. The van der Waals surface area contributed by atoms with E-state index >= 15 is 0 Å². The van der Waals surface area contributed by atoms with Gasteiger partial charge in [0, 0.05) is 5.56 Å². The van der Waals surface area contributed by atoms with Crippen molar-refractivity contribution < 1.29 is 14.3 Å². The monoisotopic (exact) mass is 402 g/mol. The number of rotatable bonds is 7. The first-order valence-electron chi connectivity index (χ1n) is 9.99. The van der Waals surface area contributed by atoms with Crippen LogP contribution >= 0.6 is 0 Å². The fourth-order valence-corrected chi connectivity index (χ4v) is 3.19. The average Bonchev–Trinajstić information content (AvgIpc) is 2.76. The van der Waals surface area contributed by atoms with Crippen LogP contribution in [0.2, 0.25) is 0 Å². The van der Waals surface area contributed by atoms with Crippen LogP contribution < -0.4 is 15.4 Å². The minimum atomic E-state index is -0.280. The fraction of sp³-hybridized carbons (Fsp3) is 0.200. The van der Waals surface area contributed by atoms with Gasteiger partial charge in [0.05, 0.1) is 23.9 Å². The summed E-state index contributed by atoms with van der Waals surface area (Å²) in [5, 5.41) is 5.85. The van der Waals surface area contributed by atoms with E-state index in [1.54, 1.807) is 42.5 Å². The predicted molar refractivity (Wildman–Crippen MR) is 119 cm³/mol. The van der Waals surface area contributed by atoms with Crippen LogP contribution in [0, 0.1) is 6.92 Å². The molecule has 2 N–H and O–H groups in total. The van der Waals surface area contributed by atoms with E-state index in [0.29, 0.717) is 23.4 Å². The number of aryl methyl sites for hydroxylation is 1. The summed E-state index contributed by atoms with van der Waals surface area (Å²) >= 11 is 0. The summed E-state index contributed by atoms with van der Waals surface area (Å²) in [5.41, 5.74) is 3.27. The number of hydrogen-bond donors (Lipinski definition) is 2. The van der Waals surface area contributed by atoms with Crippen LogP contribution in [-0.4, -0.2) is 18.4 Å². The number of nitrogens with one attached hydrogen (secondary N) is 2. The standard InChI is InChI=1S/C25H26N2O3/c1-4-30-23-15-14-20(16-17(23)2)24(28)27-22-13-9-8-12-21(22)25(29)26-18(3)19-10-6-5-7-11-19/h5-16,18H,4H2,1-3H3,(H,26,29)(H,27,28). The lowest BCUT2D eigenvalue weighted by Crippen LogP contribution is -2.28. The van der Waals surface area contributed by atoms with E-state index in [4.69, 9.17) is 4.74 Å². The van der Waals surface area contributed by atoms with Gasteiger partial charge in [-0.3, -0.25) is 9.59 Å². The van der Waals surface area contributed by atoms with Crippen molar-refractivity contribution in [2.75, 3.05) is 11.9 Å². The minimum absolute atomic E-state index is 0.156. The van der Waals surface area contributed by atoms with Gasteiger partial charge in [-0.05, 0) is 62.2 Å². The lowest BCUT2D eigenvalue weighted by atomic mass is 10.1. The maximum Gasteiger partial charge on any atom is 0.255 e. The van der Waals surface area contributed by atoms with E-state index in [2.05, 4.69) is 10.6 Å². The molecule has 5 nitrogen and oxygen atoms in total. The molecule has 0 bridgehead atoms. The molecule has 0 aliphatic carbocycles. The van der Waals surface area contributed by atoms with Crippen molar-refractivity contribution in [1.82, 2.24) is 5.32 Å². The van der Waals surface area contributed by atoms with E-state index in [9.17, 15) is 9.59 Å². The number of ether oxygens (including phenoxy) is 1. The molecule has 0 saturated heterocycles. The maximum atomic E-state index is 12.9. The molecule has 3 aromatic rings. The SMILES string of the molecule is CCOc1ccc(C(=O)Nc2ccccc2C(=O)NC(C)c2ccccc2)cc1C. The summed E-state index contributed by atoms with van der Waals surface area (Å²) in [6, 6.07) is 21.8. The second kappa shape index (κ2) is 9.74. The summed E-state index contributed by atoms with van der Waals surface area (Å²) in [6.45, 7) is 6.31. The van der Waals surface area contributed by atoms with Crippen molar-refractivity contribution in [2.24, 2.45) is 0 Å². The van der Waals surface area contributed by atoms with Gasteiger partial charge in [-0.15, -0.1) is 0 Å². The number of carbonyl (C=O) groups is 2. The molecule has 154 valence electrons. The number of carbonyl (C=O) groups excluding carboxylic acids is 2. The molecule has 30 heavy (non-hydrogen) atoms. The maximum absolute atomic E-state index is 12.9. The molecular weight excluding hydrogens is 376 g/mol. The van der Waals surface area contributed by atoms with Crippen LogP contribution in [0.5, 0.6) is 5.75 Å². The molecule has 1 atom stereocenters. The summed E-state index contributed by atoms with van der Waals surface area (Å²) in [7, 11) is 0. The molecule has 0 aliphatic rings.